The van der Waals surface area contributed by atoms with Crippen LogP contribution < -0.4 is 5.32 Å². The molecule has 2 aromatic carbocycles. The predicted octanol–water partition coefficient (Wildman–Crippen LogP) is 4.60. The van der Waals surface area contributed by atoms with E-state index in [1.807, 2.05) is 31.2 Å². The highest BCUT2D eigenvalue weighted by atomic mass is 35.5. The van der Waals surface area contributed by atoms with E-state index in [0.717, 1.165) is 11.1 Å². The third kappa shape index (κ3) is 3.43. The van der Waals surface area contributed by atoms with E-state index >= 15 is 0 Å². The standard InChI is InChI=1S/C16H13ClN2O2S/c1-10(15(20)18-12-8-6-11(17)7-9-12)22-16-19-13-4-2-3-5-14(13)21-16/h2-10H,1H3,(H,18,20)/t10-/m0/s1. The third-order valence-electron chi connectivity index (χ3n) is 3.03. The van der Waals surface area contributed by atoms with Crippen molar-refractivity contribution < 1.29 is 9.21 Å². The minimum atomic E-state index is -0.330. The van der Waals surface area contributed by atoms with Gasteiger partial charge in [-0.05, 0) is 43.3 Å². The number of hydrogen-bond donors (Lipinski definition) is 1. The molecule has 0 saturated carbocycles. The van der Waals surface area contributed by atoms with Crippen LogP contribution in [0.5, 0.6) is 0 Å². The fourth-order valence-corrected chi connectivity index (χ4v) is 2.77. The molecule has 0 saturated heterocycles. The molecule has 112 valence electrons. The molecule has 0 aliphatic heterocycles. The van der Waals surface area contributed by atoms with Crippen molar-refractivity contribution in [2.75, 3.05) is 5.32 Å². The number of anilines is 1. The minimum Gasteiger partial charge on any atom is -0.431 e. The number of amides is 1. The summed E-state index contributed by atoms with van der Waals surface area (Å²) in [4.78, 5) is 16.5. The Morgan fingerprint density at radius 2 is 1.95 bits per heavy atom. The normalized spacial score (nSPS) is 12.3. The van der Waals surface area contributed by atoms with E-state index in [9.17, 15) is 4.79 Å². The molecular formula is C16H13ClN2O2S. The largest absolute Gasteiger partial charge is 0.431 e. The monoisotopic (exact) mass is 332 g/mol. The molecule has 4 nitrogen and oxygen atoms in total. The summed E-state index contributed by atoms with van der Waals surface area (Å²) in [7, 11) is 0. The molecule has 0 spiro atoms. The number of para-hydroxylation sites is 2. The van der Waals surface area contributed by atoms with Gasteiger partial charge in [0.15, 0.2) is 5.58 Å². The average molecular weight is 333 g/mol. The number of halogens is 1. The molecule has 0 fully saturated rings. The number of thioether (sulfide) groups is 1. The highest BCUT2D eigenvalue weighted by molar-refractivity contribution is 8.00. The Morgan fingerprint density at radius 1 is 1.23 bits per heavy atom. The zero-order valence-corrected chi connectivity index (χ0v) is 13.3. The molecule has 0 radical (unpaired) electrons. The molecule has 3 aromatic rings. The van der Waals surface area contributed by atoms with Crippen molar-refractivity contribution >= 4 is 46.1 Å². The van der Waals surface area contributed by atoms with Gasteiger partial charge in [-0.3, -0.25) is 4.79 Å². The summed E-state index contributed by atoms with van der Waals surface area (Å²) in [6.45, 7) is 1.81. The van der Waals surface area contributed by atoms with Gasteiger partial charge < -0.3 is 9.73 Å². The smallest absolute Gasteiger partial charge is 0.257 e. The SMILES string of the molecule is C[C@H](Sc1nc2ccccc2o1)C(=O)Nc1ccc(Cl)cc1. The maximum Gasteiger partial charge on any atom is 0.257 e. The van der Waals surface area contributed by atoms with Crippen LogP contribution in [-0.2, 0) is 4.79 Å². The van der Waals surface area contributed by atoms with Crippen LogP contribution in [0, 0.1) is 0 Å². The number of fused-ring (bicyclic) bond motifs is 1. The molecule has 1 heterocycles. The van der Waals surface area contributed by atoms with E-state index in [0.29, 0.717) is 15.9 Å². The molecule has 1 N–H and O–H groups in total. The van der Waals surface area contributed by atoms with Crippen LogP contribution in [0.1, 0.15) is 6.92 Å². The fraction of sp³-hybridized carbons (Fsp3) is 0.125. The Morgan fingerprint density at radius 3 is 2.68 bits per heavy atom. The third-order valence-corrected chi connectivity index (χ3v) is 4.23. The lowest BCUT2D eigenvalue weighted by Crippen LogP contribution is -2.22. The Bertz CT molecular complexity index is 768. The summed E-state index contributed by atoms with van der Waals surface area (Å²) < 4.78 is 5.61. The molecular weight excluding hydrogens is 320 g/mol. The first-order valence-electron chi connectivity index (χ1n) is 6.70. The molecule has 6 heteroatoms. The van der Waals surface area contributed by atoms with Crippen molar-refractivity contribution in [1.29, 1.82) is 0 Å². The van der Waals surface area contributed by atoms with Gasteiger partial charge in [0.25, 0.3) is 5.22 Å². The summed E-state index contributed by atoms with van der Waals surface area (Å²) in [5.74, 6) is -0.116. The Kier molecular flexibility index (Phi) is 4.36. The van der Waals surface area contributed by atoms with E-state index in [4.69, 9.17) is 16.0 Å². The van der Waals surface area contributed by atoms with Crippen LogP contribution >= 0.6 is 23.4 Å². The lowest BCUT2D eigenvalue weighted by Gasteiger charge is -2.09. The van der Waals surface area contributed by atoms with E-state index < -0.39 is 0 Å². The highest BCUT2D eigenvalue weighted by Crippen LogP contribution is 2.27. The number of carbonyl (C=O) groups is 1. The summed E-state index contributed by atoms with van der Waals surface area (Å²) in [5, 5.41) is 3.62. The second-order valence-corrected chi connectivity index (χ2v) is 6.43. The second kappa shape index (κ2) is 6.42. The van der Waals surface area contributed by atoms with Crippen molar-refractivity contribution in [2.45, 2.75) is 17.4 Å². The van der Waals surface area contributed by atoms with Gasteiger partial charge in [-0.15, -0.1) is 0 Å². The first kappa shape index (κ1) is 14.9. The maximum atomic E-state index is 12.2. The van der Waals surface area contributed by atoms with Crippen LogP contribution in [0.2, 0.25) is 5.02 Å². The number of nitrogens with zero attached hydrogens (tertiary/aromatic N) is 1. The van der Waals surface area contributed by atoms with Gasteiger partial charge in [-0.2, -0.15) is 0 Å². The molecule has 0 aliphatic carbocycles. The lowest BCUT2D eigenvalue weighted by atomic mass is 10.3. The van der Waals surface area contributed by atoms with Crippen molar-refractivity contribution in [1.82, 2.24) is 4.98 Å². The highest BCUT2D eigenvalue weighted by Gasteiger charge is 2.18. The molecule has 0 unspecified atom stereocenters. The number of rotatable bonds is 4. The number of aromatic nitrogens is 1. The maximum absolute atomic E-state index is 12.2. The zero-order valence-electron chi connectivity index (χ0n) is 11.7. The Hall–Kier alpha value is -1.98. The molecule has 1 amide bonds. The first-order valence-corrected chi connectivity index (χ1v) is 7.96. The van der Waals surface area contributed by atoms with Crippen molar-refractivity contribution in [3.8, 4) is 0 Å². The van der Waals surface area contributed by atoms with Crippen LogP contribution in [-0.4, -0.2) is 16.1 Å². The van der Waals surface area contributed by atoms with E-state index in [-0.39, 0.29) is 11.2 Å². The lowest BCUT2D eigenvalue weighted by molar-refractivity contribution is -0.115. The topological polar surface area (TPSA) is 55.1 Å². The molecule has 1 atom stereocenters. The van der Waals surface area contributed by atoms with E-state index in [1.165, 1.54) is 11.8 Å². The molecule has 1 aromatic heterocycles. The fourth-order valence-electron chi connectivity index (χ4n) is 1.88. The van der Waals surface area contributed by atoms with E-state index in [2.05, 4.69) is 10.3 Å². The van der Waals surface area contributed by atoms with Gasteiger partial charge in [0.2, 0.25) is 5.91 Å². The van der Waals surface area contributed by atoms with Gasteiger partial charge >= 0.3 is 0 Å². The Labute approximate surface area is 136 Å². The van der Waals surface area contributed by atoms with Gasteiger partial charge in [-0.25, -0.2) is 4.98 Å². The molecule has 0 aliphatic rings. The number of carbonyl (C=O) groups excluding carboxylic acids is 1. The summed E-state index contributed by atoms with van der Waals surface area (Å²) in [6, 6.07) is 14.5. The number of hydrogen-bond acceptors (Lipinski definition) is 4. The zero-order chi connectivity index (χ0) is 15.5. The van der Waals surface area contributed by atoms with E-state index in [1.54, 1.807) is 24.3 Å². The van der Waals surface area contributed by atoms with Gasteiger partial charge in [-0.1, -0.05) is 35.5 Å². The first-order chi connectivity index (χ1) is 10.6. The number of benzene rings is 2. The Balaban J connectivity index is 1.66. The summed E-state index contributed by atoms with van der Waals surface area (Å²) in [5.41, 5.74) is 2.21. The molecule has 22 heavy (non-hydrogen) atoms. The quantitative estimate of drug-likeness (QED) is 0.709. The van der Waals surface area contributed by atoms with Gasteiger partial charge in [0.05, 0.1) is 5.25 Å². The summed E-state index contributed by atoms with van der Waals surface area (Å²) in [6.07, 6.45) is 0. The molecule has 3 rings (SSSR count). The number of oxazole rings is 1. The van der Waals surface area contributed by atoms with Crippen molar-refractivity contribution in [2.24, 2.45) is 0 Å². The van der Waals surface area contributed by atoms with Crippen LogP contribution in [0.4, 0.5) is 5.69 Å². The second-order valence-electron chi connectivity index (χ2n) is 4.70. The van der Waals surface area contributed by atoms with Crippen LogP contribution in [0.15, 0.2) is 58.2 Å². The van der Waals surface area contributed by atoms with Crippen molar-refractivity contribution in [3.63, 3.8) is 0 Å². The minimum absolute atomic E-state index is 0.116. The summed E-state index contributed by atoms with van der Waals surface area (Å²) >= 11 is 7.10. The average Bonchev–Trinajstić information content (AvgIpc) is 2.91. The van der Waals surface area contributed by atoms with Crippen molar-refractivity contribution in [3.05, 3.63) is 53.6 Å². The number of nitrogens with one attached hydrogen (secondary N) is 1. The van der Waals surface area contributed by atoms with Gasteiger partial charge in [0.1, 0.15) is 5.52 Å². The van der Waals surface area contributed by atoms with Crippen LogP contribution in [0.3, 0.4) is 0 Å². The predicted molar refractivity (Wildman–Crippen MR) is 89.4 cm³/mol. The van der Waals surface area contributed by atoms with Crippen LogP contribution in [0.25, 0.3) is 11.1 Å². The van der Waals surface area contributed by atoms with Gasteiger partial charge in [0, 0.05) is 10.7 Å². The molecule has 0 bridgehead atoms.